The highest BCUT2D eigenvalue weighted by Crippen LogP contribution is 2.15. The molecule has 0 bridgehead atoms. The Hall–Kier alpha value is -1.35. The van der Waals surface area contributed by atoms with E-state index in [9.17, 15) is 9.90 Å². The van der Waals surface area contributed by atoms with Gasteiger partial charge < -0.3 is 10.4 Å². The minimum atomic E-state index is -0.506. The summed E-state index contributed by atoms with van der Waals surface area (Å²) in [6.45, 7) is 4.53. The molecule has 0 aliphatic rings. The molecular weight excluding hydrogens is 226 g/mol. The molecule has 1 aromatic carbocycles. The highest BCUT2D eigenvalue weighted by molar-refractivity contribution is 5.78. The number of carbonyl (C=O) groups excluding carboxylic acids is 1. The van der Waals surface area contributed by atoms with Crippen molar-refractivity contribution in [3.63, 3.8) is 0 Å². The average Bonchev–Trinajstić information content (AvgIpc) is 2.39. The maximum absolute atomic E-state index is 11.7. The quantitative estimate of drug-likeness (QED) is 0.780. The topological polar surface area (TPSA) is 49.3 Å². The summed E-state index contributed by atoms with van der Waals surface area (Å²) in [5.74, 6) is 0.140. The van der Waals surface area contributed by atoms with Crippen molar-refractivity contribution in [3.8, 4) is 0 Å². The molecule has 100 valence electrons. The molecule has 0 fully saturated rings. The largest absolute Gasteiger partial charge is 0.388 e. The van der Waals surface area contributed by atoms with Crippen LogP contribution in [-0.4, -0.2) is 17.6 Å². The lowest BCUT2D eigenvalue weighted by Gasteiger charge is -2.14. The van der Waals surface area contributed by atoms with Gasteiger partial charge in [0.1, 0.15) is 0 Å². The minimum absolute atomic E-state index is 0.0591. The summed E-state index contributed by atoms with van der Waals surface area (Å²) < 4.78 is 0. The first-order valence-corrected chi connectivity index (χ1v) is 6.65. The molecule has 1 rings (SSSR count). The summed E-state index contributed by atoms with van der Waals surface area (Å²) in [5, 5.41) is 12.8. The number of aliphatic hydroxyl groups excluding tert-OH is 1. The number of rotatable bonds is 7. The van der Waals surface area contributed by atoms with Gasteiger partial charge in [0, 0.05) is 12.5 Å². The van der Waals surface area contributed by atoms with Gasteiger partial charge >= 0.3 is 0 Å². The maximum Gasteiger partial charge on any atom is 0.222 e. The Kier molecular flexibility index (Phi) is 6.44. The van der Waals surface area contributed by atoms with Crippen molar-refractivity contribution >= 4 is 5.91 Å². The zero-order valence-corrected chi connectivity index (χ0v) is 11.2. The Morgan fingerprint density at radius 1 is 1.28 bits per heavy atom. The van der Waals surface area contributed by atoms with Crippen molar-refractivity contribution in [2.45, 2.75) is 39.2 Å². The first-order valence-electron chi connectivity index (χ1n) is 6.65. The summed E-state index contributed by atoms with van der Waals surface area (Å²) in [4.78, 5) is 11.7. The summed E-state index contributed by atoms with van der Waals surface area (Å²) in [6.07, 6.45) is 1.97. The van der Waals surface area contributed by atoms with E-state index in [1.807, 2.05) is 37.3 Å². The van der Waals surface area contributed by atoms with Gasteiger partial charge in [-0.15, -0.1) is 0 Å². The van der Waals surface area contributed by atoms with Crippen molar-refractivity contribution in [1.82, 2.24) is 5.32 Å². The van der Waals surface area contributed by atoms with Crippen LogP contribution in [0.3, 0.4) is 0 Å². The Morgan fingerprint density at radius 3 is 2.56 bits per heavy atom. The third-order valence-corrected chi connectivity index (χ3v) is 3.07. The van der Waals surface area contributed by atoms with E-state index < -0.39 is 6.10 Å². The van der Waals surface area contributed by atoms with Crippen molar-refractivity contribution in [3.05, 3.63) is 35.9 Å². The summed E-state index contributed by atoms with van der Waals surface area (Å²) >= 11 is 0. The molecular formula is C15H23NO2. The lowest BCUT2D eigenvalue weighted by molar-refractivity contribution is -0.124. The van der Waals surface area contributed by atoms with E-state index >= 15 is 0 Å². The molecule has 1 amide bonds. The van der Waals surface area contributed by atoms with Crippen molar-refractivity contribution in [2.24, 2.45) is 5.92 Å². The van der Waals surface area contributed by atoms with E-state index in [0.29, 0.717) is 13.0 Å². The fourth-order valence-electron chi connectivity index (χ4n) is 1.91. The molecule has 3 nitrogen and oxygen atoms in total. The van der Waals surface area contributed by atoms with Gasteiger partial charge in [-0.1, -0.05) is 50.6 Å². The Bertz CT molecular complexity index is 351. The molecule has 0 saturated carbocycles. The van der Waals surface area contributed by atoms with Gasteiger partial charge in [-0.3, -0.25) is 4.79 Å². The van der Waals surface area contributed by atoms with E-state index in [2.05, 4.69) is 12.2 Å². The summed E-state index contributed by atoms with van der Waals surface area (Å²) in [5.41, 5.74) is 0.897. The number of hydrogen-bond donors (Lipinski definition) is 2. The normalized spacial score (nSPS) is 13.9. The van der Waals surface area contributed by atoms with Crippen molar-refractivity contribution in [1.29, 1.82) is 0 Å². The fraction of sp³-hybridized carbons (Fsp3) is 0.533. The second-order valence-corrected chi connectivity index (χ2v) is 4.70. The maximum atomic E-state index is 11.7. The van der Waals surface area contributed by atoms with Gasteiger partial charge in [0.2, 0.25) is 5.91 Å². The lowest BCUT2D eigenvalue weighted by atomic mass is 10.0. The monoisotopic (exact) mass is 249 g/mol. The minimum Gasteiger partial charge on any atom is -0.388 e. The predicted molar refractivity (Wildman–Crippen MR) is 73.1 cm³/mol. The predicted octanol–water partition coefficient (Wildman–Crippen LogP) is 2.66. The van der Waals surface area contributed by atoms with E-state index in [1.54, 1.807) is 0 Å². The van der Waals surface area contributed by atoms with E-state index in [-0.39, 0.29) is 11.8 Å². The molecule has 0 spiro atoms. The van der Waals surface area contributed by atoms with Crippen LogP contribution in [0, 0.1) is 5.92 Å². The molecule has 0 aromatic heterocycles. The third-order valence-electron chi connectivity index (χ3n) is 3.07. The van der Waals surface area contributed by atoms with Crippen LogP contribution < -0.4 is 5.32 Å². The van der Waals surface area contributed by atoms with E-state index in [0.717, 1.165) is 18.4 Å². The second-order valence-electron chi connectivity index (χ2n) is 4.70. The summed E-state index contributed by atoms with van der Waals surface area (Å²) in [6, 6.07) is 9.52. The molecule has 0 saturated heterocycles. The van der Waals surface area contributed by atoms with Gasteiger partial charge in [0.05, 0.1) is 6.10 Å². The van der Waals surface area contributed by atoms with Gasteiger partial charge in [0.25, 0.3) is 0 Å². The van der Waals surface area contributed by atoms with Crippen LogP contribution in [0.15, 0.2) is 30.3 Å². The molecule has 0 heterocycles. The highest BCUT2D eigenvalue weighted by atomic mass is 16.3. The van der Waals surface area contributed by atoms with Crippen LogP contribution in [0.1, 0.15) is 44.8 Å². The fourth-order valence-corrected chi connectivity index (χ4v) is 1.91. The highest BCUT2D eigenvalue weighted by Gasteiger charge is 2.12. The molecule has 2 unspecified atom stereocenters. The lowest BCUT2D eigenvalue weighted by Crippen LogP contribution is -2.30. The zero-order chi connectivity index (χ0) is 13.4. The third kappa shape index (κ3) is 4.88. The van der Waals surface area contributed by atoms with Gasteiger partial charge in [-0.2, -0.15) is 0 Å². The molecule has 3 heteroatoms. The van der Waals surface area contributed by atoms with Crippen molar-refractivity contribution in [2.75, 3.05) is 6.54 Å². The Morgan fingerprint density at radius 2 is 1.94 bits per heavy atom. The first kappa shape index (κ1) is 14.7. The Balaban J connectivity index is 2.27. The standard InChI is InChI=1S/C15H23NO2/c1-3-7-12(2)15(18)16-11-10-14(17)13-8-5-4-6-9-13/h4-6,8-9,12,14,17H,3,7,10-11H2,1-2H3,(H,16,18). The van der Waals surface area contributed by atoms with Gasteiger partial charge in [-0.25, -0.2) is 0 Å². The van der Waals surface area contributed by atoms with Gasteiger partial charge in [-0.05, 0) is 18.4 Å². The van der Waals surface area contributed by atoms with E-state index in [1.165, 1.54) is 0 Å². The van der Waals surface area contributed by atoms with Crippen LogP contribution in [0.2, 0.25) is 0 Å². The van der Waals surface area contributed by atoms with Crippen molar-refractivity contribution < 1.29 is 9.90 Å². The van der Waals surface area contributed by atoms with Crippen LogP contribution in [0.4, 0.5) is 0 Å². The first-order chi connectivity index (χ1) is 8.65. The molecule has 1 aromatic rings. The summed E-state index contributed by atoms with van der Waals surface area (Å²) in [7, 11) is 0. The molecule has 0 aliphatic heterocycles. The van der Waals surface area contributed by atoms with E-state index in [4.69, 9.17) is 0 Å². The van der Waals surface area contributed by atoms with Crippen LogP contribution >= 0.6 is 0 Å². The van der Waals surface area contributed by atoms with Gasteiger partial charge in [0.15, 0.2) is 0 Å². The van der Waals surface area contributed by atoms with Crippen LogP contribution in [0.25, 0.3) is 0 Å². The number of hydrogen-bond acceptors (Lipinski definition) is 2. The Labute approximate surface area is 109 Å². The molecule has 0 aliphatic carbocycles. The molecule has 2 atom stereocenters. The SMILES string of the molecule is CCCC(C)C(=O)NCCC(O)c1ccccc1. The number of nitrogens with one attached hydrogen (secondary N) is 1. The second kappa shape index (κ2) is 7.88. The molecule has 18 heavy (non-hydrogen) atoms. The number of amides is 1. The van der Waals surface area contributed by atoms with Crippen LogP contribution in [0.5, 0.6) is 0 Å². The number of aliphatic hydroxyl groups is 1. The molecule has 2 N–H and O–H groups in total. The van der Waals surface area contributed by atoms with Crippen LogP contribution in [-0.2, 0) is 4.79 Å². The number of carbonyl (C=O) groups is 1. The number of benzene rings is 1. The zero-order valence-electron chi connectivity index (χ0n) is 11.2. The smallest absolute Gasteiger partial charge is 0.222 e. The molecule has 0 radical (unpaired) electrons. The average molecular weight is 249 g/mol.